The van der Waals surface area contributed by atoms with Crippen molar-refractivity contribution < 1.29 is 9.53 Å². The lowest BCUT2D eigenvalue weighted by Crippen LogP contribution is -2.50. The quantitative estimate of drug-likeness (QED) is 0.552. The summed E-state index contributed by atoms with van der Waals surface area (Å²) in [6, 6.07) is -0.000687. The van der Waals surface area contributed by atoms with E-state index in [1.165, 1.54) is 4.91 Å². The number of nitrogens with zero attached hydrogens (tertiary/aromatic N) is 3. The summed E-state index contributed by atoms with van der Waals surface area (Å²) in [4.78, 5) is 20.9. The van der Waals surface area contributed by atoms with Crippen molar-refractivity contribution in [3.63, 3.8) is 0 Å². The van der Waals surface area contributed by atoms with E-state index in [0.717, 1.165) is 24.6 Å². The number of nitrogens with one attached hydrogen (secondary N) is 4. The maximum atomic E-state index is 13.1. The first kappa shape index (κ1) is 20.1. The molecule has 1 saturated heterocycles. The molecule has 9 nitrogen and oxygen atoms in total. The Morgan fingerprint density at radius 1 is 1.29 bits per heavy atom. The first-order valence-corrected chi connectivity index (χ1v) is 11.4. The van der Waals surface area contributed by atoms with Crippen LogP contribution in [0.4, 0.5) is 0 Å². The Labute approximate surface area is 185 Å². The van der Waals surface area contributed by atoms with Crippen molar-refractivity contribution in [1.82, 2.24) is 30.5 Å². The van der Waals surface area contributed by atoms with Crippen LogP contribution in [-0.2, 0) is 4.74 Å². The smallest absolute Gasteiger partial charge is 0.273 e. The summed E-state index contributed by atoms with van der Waals surface area (Å²) in [6.07, 6.45) is 11.3. The Balaban J connectivity index is 1.26. The summed E-state index contributed by atoms with van der Waals surface area (Å²) in [6.45, 7) is 7.32. The van der Waals surface area contributed by atoms with E-state index in [2.05, 4.69) is 51.2 Å². The van der Waals surface area contributed by atoms with E-state index in [0.29, 0.717) is 30.1 Å². The molecule has 0 saturated carbocycles. The first-order chi connectivity index (χ1) is 15.1. The van der Waals surface area contributed by atoms with Gasteiger partial charge >= 0.3 is 0 Å². The van der Waals surface area contributed by atoms with Crippen LogP contribution in [0.3, 0.4) is 0 Å². The van der Waals surface area contributed by atoms with Crippen LogP contribution in [0.15, 0.2) is 46.9 Å². The lowest BCUT2D eigenvalue weighted by molar-refractivity contribution is 0.0492. The molecule has 3 unspecified atom stereocenters. The topological polar surface area (TPSA) is 95.5 Å². The third kappa shape index (κ3) is 4.05. The molecule has 0 aliphatic carbocycles. The van der Waals surface area contributed by atoms with Gasteiger partial charge in [0, 0.05) is 23.7 Å². The van der Waals surface area contributed by atoms with E-state index < -0.39 is 0 Å². The summed E-state index contributed by atoms with van der Waals surface area (Å²) < 4.78 is 7.20. The van der Waals surface area contributed by atoms with Gasteiger partial charge in [0.05, 0.1) is 30.8 Å². The maximum Gasteiger partial charge on any atom is 0.273 e. The van der Waals surface area contributed by atoms with Crippen LogP contribution in [0.2, 0.25) is 0 Å². The monoisotopic (exact) mass is 441 g/mol. The molecule has 5 rings (SSSR count). The number of hydrogen-bond donors (Lipinski definition) is 4. The predicted octanol–water partition coefficient (Wildman–Crippen LogP) is 1.12. The minimum Gasteiger partial charge on any atom is -0.378 e. The Morgan fingerprint density at radius 3 is 2.90 bits per heavy atom. The summed E-state index contributed by atoms with van der Waals surface area (Å²) in [7, 11) is 0. The number of imidazole rings is 1. The minimum atomic E-state index is -0.295. The van der Waals surface area contributed by atoms with E-state index in [4.69, 9.17) is 4.74 Å². The van der Waals surface area contributed by atoms with Crippen LogP contribution in [-0.4, -0.2) is 64.4 Å². The molecule has 0 bridgehead atoms. The molecule has 164 valence electrons. The molecule has 0 radical (unpaired) electrons. The average molecular weight is 442 g/mol. The number of carbonyl (C=O) groups is 1. The second kappa shape index (κ2) is 8.35. The predicted molar refractivity (Wildman–Crippen MR) is 121 cm³/mol. The number of rotatable bonds is 4. The number of hydrogen-bond acceptors (Lipinski definition) is 8. The van der Waals surface area contributed by atoms with E-state index in [-0.39, 0.29) is 18.1 Å². The number of aromatic nitrogens is 2. The van der Waals surface area contributed by atoms with Gasteiger partial charge in [-0.15, -0.1) is 11.8 Å². The van der Waals surface area contributed by atoms with Gasteiger partial charge in [-0.1, -0.05) is 12.2 Å². The molecule has 1 aromatic heterocycles. The highest BCUT2D eigenvalue weighted by molar-refractivity contribution is 8.03. The second-order valence-corrected chi connectivity index (χ2v) is 9.21. The summed E-state index contributed by atoms with van der Waals surface area (Å²) in [5, 5.41) is 10.2. The number of morpholine rings is 1. The van der Waals surface area contributed by atoms with Crippen LogP contribution >= 0.6 is 11.8 Å². The van der Waals surface area contributed by atoms with Crippen molar-refractivity contribution in [3.8, 4) is 0 Å². The van der Waals surface area contributed by atoms with Gasteiger partial charge in [-0.3, -0.25) is 4.79 Å². The first-order valence-electron chi connectivity index (χ1n) is 10.5. The molecule has 4 aliphatic rings. The average Bonchev–Trinajstić information content (AvgIpc) is 3.36. The van der Waals surface area contributed by atoms with Crippen LogP contribution in [0.1, 0.15) is 30.2 Å². The SMILES string of the molecule is CC1=C(C2C=Cc3ncc(C(=O)NC4C=CC=C(N5CCOCC5)N4)n3N2)SC(C)N1. The molecule has 0 aromatic carbocycles. The number of ether oxygens (including phenoxy) is 1. The zero-order valence-corrected chi connectivity index (χ0v) is 18.4. The van der Waals surface area contributed by atoms with Crippen molar-refractivity contribution in [3.05, 3.63) is 58.4 Å². The van der Waals surface area contributed by atoms with Gasteiger partial charge in [0.25, 0.3) is 5.91 Å². The molecule has 4 aliphatic heterocycles. The van der Waals surface area contributed by atoms with Crippen LogP contribution in [0.25, 0.3) is 6.08 Å². The van der Waals surface area contributed by atoms with Gasteiger partial charge in [0.1, 0.15) is 17.7 Å². The summed E-state index contributed by atoms with van der Waals surface area (Å²) in [5.74, 6) is 1.52. The van der Waals surface area contributed by atoms with E-state index in [1.807, 2.05) is 24.3 Å². The minimum absolute atomic E-state index is 0.000687. The standard InChI is InChI=1S/C21H27N7O2S/c1-13-20(31-14(2)23-13)15-6-7-18-22-12-16(28(18)26-15)21(29)25-17-4-3-5-19(24-17)27-8-10-30-11-9-27/h3-7,12,14-15,17,23-24,26H,8-11H2,1-2H3,(H,25,29). The molecule has 0 spiro atoms. The van der Waals surface area contributed by atoms with Crippen molar-refractivity contribution in [1.29, 1.82) is 0 Å². The second-order valence-electron chi connectivity index (χ2n) is 7.83. The van der Waals surface area contributed by atoms with Crippen molar-refractivity contribution >= 4 is 23.7 Å². The number of dihydropyridines is 1. The molecule has 1 amide bonds. The molecular formula is C21H27N7O2S. The highest BCUT2D eigenvalue weighted by Gasteiger charge is 2.29. The Hall–Kier alpha value is -2.85. The van der Waals surface area contributed by atoms with Crippen LogP contribution in [0.5, 0.6) is 0 Å². The van der Waals surface area contributed by atoms with Gasteiger partial charge in [0.15, 0.2) is 5.82 Å². The zero-order valence-electron chi connectivity index (χ0n) is 17.6. The Kier molecular flexibility index (Phi) is 5.41. The fourth-order valence-electron chi connectivity index (χ4n) is 4.09. The summed E-state index contributed by atoms with van der Waals surface area (Å²) >= 11 is 1.80. The summed E-state index contributed by atoms with van der Waals surface area (Å²) in [5.41, 5.74) is 5.07. The third-order valence-corrected chi connectivity index (χ3v) is 6.89. The van der Waals surface area contributed by atoms with Crippen molar-refractivity contribution in [2.75, 3.05) is 31.7 Å². The van der Waals surface area contributed by atoms with Crippen LogP contribution in [0, 0.1) is 0 Å². The fourth-order valence-corrected chi connectivity index (χ4v) is 5.22. The van der Waals surface area contributed by atoms with Crippen LogP contribution < -0.4 is 21.4 Å². The lowest BCUT2D eigenvalue weighted by atomic mass is 10.2. The maximum absolute atomic E-state index is 13.1. The van der Waals surface area contributed by atoms with Crippen molar-refractivity contribution in [2.45, 2.75) is 31.4 Å². The van der Waals surface area contributed by atoms with Gasteiger partial charge in [0.2, 0.25) is 0 Å². The molecule has 10 heteroatoms. The molecular weight excluding hydrogens is 414 g/mol. The third-order valence-electron chi connectivity index (χ3n) is 5.60. The number of fused-ring (bicyclic) bond motifs is 1. The fraction of sp³-hybridized carbons (Fsp3) is 0.429. The normalized spacial score (nSPS) is 27.2. The lowest BCUT2D eigenvalue weighted by Gasteiger charge is -2.34. The molecule has 1 aromatic rings. The van der Waals surface area contributed by atoms with E-state index in [1.54, 1.807) is 22.6 Å². The number of carbonyl (C=O) groups excluding carboxylic acids is 1. The number of thioether (sulfide) groups is 1. The van der Waals surface area contributed by atoms with Gasteiger partial charge in [-0.25, -0.2) is 9.66 Å². The van der Waals surface area contributed by atoms with E-state index in [9.17, 15) is 4.79 Å². The van der Waals surface area contributed by atoms with E-state index >= 15 is 0 Å². The van der Waals surface area contributed by atoms with Gasteiger partial charge in [-0.05, 0) is 32.1 Å². The molecule has 1 fully saturated rings. The largest absolute Gasteiger partial charge is 0.378 e. The number of allylic oxidation sites excluding steroid dienone is 3. The van der Waals surface area contributed by atoms with Gasteiger partial charge < -0.3 is 31.0 Å². The highest BCUT2D eigenvalue weighted by atomic mass is 32.2. The zero-order chi connectivity index (χ0) is 21.4. The Bertz CT molecular complexity index is 990. The molecule has 31 heavy (non-hydrogen) atoms. The molecule has 4 N–H and O–H groups in total. The number of amides is 1. The molecule has 3 atom stereocenters. The highest BCUT2D eigenvalue weighted by Crippen LogP contribution is 2.34. The molecule has 5 heterocycles. The van der Waals surface area contributed by atoms with Gasteiger partial charge in [-0.2, -0.15) is 0 Å². The van der Waals surface area contributed by atoms with Crippen molar-refractivity contribution in [2.24, 2.45) is 0 Å². The Morgan fingerprint density at radius 2 is 2.13 bits per heavy atom.